The van der Waals surface area contributed by atoms with Gasteiger partial charge in [0.15, 0.2) is 0 Å². The fourth-order valence-electron chi connectivity index (χ4n) is 0.915. The predicted molar refractivity (Wildman–Crippen MR) is 56.7 cm³/mol. The zero-order valence-electron chi connectivity index (χ0n) is 6.30. The van der Waals surface area contributed by atoms with Gasteiger partial charge in [-0.2, -0.15) is 0 Å². The van der Waals surface area contributed by atoms with Crippen molar-refractivity contribution in [2.24, 2.45) is 9.98 Å². The Morgan fingerprint density at radius 2 is 2.58 bits per heavy atom. The van der Waals surface area contributed by atoms with E-state index in [1.54, 1.807) is 23.5 Å². The van der Waals surface area contributed by atoms with Crippen LogP contribution in [0.1, 0.15) is 0 Å². The monoisotopic (exact) mass is 195 g/mol. The van der Waals surface area contributed by atoms with Crippen LogP contribution in [0, 0.1) is 6.08 Å². The Kier molecular flexibility index (Phi) is 2.68. The lowest BCUT2D eigenvalue weighted by atomic mass is 10.3. The Morgan fingerprint density at radius 1 is 1.58 bits per heavy atom. The Balaban J connectivity index is 2.08. The first-order valence-corrected chi connectivity index (χ1v) is 5.39. The van der Waals surface area contributed by atoms with Crippen molar-refractivity contribution in [1.29, 1.82) is 0 Å². The molecule has 0 bridgehead atoms. The maximum absolute atomic E-state index is 4.32. The van der Waals surface area contributed by atoms with Gasteiger partial charge in [0.05, 0.1) is 12.1 Å². The van der Waals surface area contributed by atoms with Gasteiger partial charge in [-0.3, -0.25) is 9.98 Å². The van der Waals surface area contributed by atoms with E-state index in [4.69, 9.17) is 0 Å². The van der Waals surface area contributed by atoms with Crippen LogP contribution in [-0.4, -0.2) is 23.2 Å². The quantitative estimate of drug-likeness (QED) is 0.640. The minimum absolute atomic E-state index is 0.148. The van der Waals surface area contributed by atoms with E-state index in [1.807, 2.05) is 16.4 Å². The number of hydrogen-bond acceptors (Lipinski definition) is 4. The van der Waals surface area contributed by atoms with Crippen molar-refractivity contribution in [3.63, 3.8) is 0 Å². The highest BCUT2D eigenvalue weighted by atomic mass is 32.2. The number of rotatable bonds is 1. The molecule has 0 amide bonds. The molecule has 1 radical (unpaired) electrons. The maximum Gasteiger partial charge on any atom is 0.117 e. The van der Waals surface area contributed by atoms with Crippen molar-refractivity contribution in [2.75, 3.05) is 6.54 Å². The van der Waals surface area contributed by atoms with Gasteiger partial charge in [-0.1, -0.05) is 23.5 Å². The smallest absolute Gasteiger partial charge is 0.117 e. The van der Waals surface area contributed by atoms with E-state index in [0.717, 1.165) is 5.04 Å². The normalized spacial score (nSPS) is 27.3. The molecule has 2 aliphatic rings. The average Bonchev–Trinajstić information content (AvgIpc) is 2.21. The molecule has 0 saturated carbocycles. The molecule has 2 heterocycles. The van der Waals surface area contributed by atoms with Gasteiger partial charge in [-0.25, -0.2) is 0 Å². The minimum Gasteiger partial charge on any atom is -0.275 e. The molecular formula is C8H7N2S2. The molecule has 0 aromatic carbocycles. The largest absolute Gasteiger partial charge is 0.275 e. The maximum atomic E-state index is 4.32. The van der Waals surface area contributed by atoms with Crippen molar-refractivity contribution in [2.45, 2.75) is 6.04 Å². The van der Waals surface area contributed by atoms with E-state index >= 15 is 0 Å². The van der Waals surface area contributed by atoms with E-state index in [2.05, 4.69) is 22.1 Å². The zero-order chi connectivity index (χ0) is 8.23. The van der Waals surface area contributed by atoms with Crippen molar-refractivity contribution >= 4 is 34.1 Å². The minimum atomic E-state index is 0.148. The van der Waals surface area contributed by atoms with Gasteiger partial charge in [-0.05, 0) is 23.0 Å². The van der Waals surface area contributed by atoms with E-state index in [9.17, 15) is 0 Å². The van der Waals surface area contributed by atoms with Crippen LogP contribution in [-0.2, 0) is 0 Å². The van der Waals surface area contributed by atoms with Crippen LogP contribution in [0.25, 0.3) is 0 Å². The third-order valence-corrected chi connectivity index (χ3v) is 2.92. The summed E-state index contributed by atoms with van der Waals surface area (Å²) in [6, 6.07) is 0.148. The van der Waals surface area contributed by atoms with Gasteiger partial charge in [0.25, 0.3) is 0 Å². The average molecular weight is 195 g/mol. The van der Waals surface area contributed by atoms with Crippen molar-refractivity contribution in [1.82, 2.24) is 0 Å². The van der Waals surface area contributed by atoms with E-state index in [0.29, 0.717) is 6.54 Å². The summed E-state index contributed by atoms with van der Waals surface area (Å²) in [5, 5.41) is 5.07. The standard InChI is InChI=1S/C8H7N2S2/c1-3-9-8(12-4-1)7-2-5-11-6-10-7/h2,4-7H,3H2. The highest BCUT2D eigenvalue weighted by Crippen LogP contribution is 2.19. The topological polar surface area (TPSA) is 24.7 Å². The fraction of sp³-hybridized carbons (Fsp3) is 0.250. The summed E-state index contributed by atoms with van der Waals surface area (Å²) < 4.78 is 0. The first kappa shape index (κ1) is 8.13. The Morgan fingerprint density at radius 3 is 3.25 bits per heavy atom. The molecule has 12 heavy (non-hydrogen) atoms. The van der Waals surface area contributed by atoms with Crippen LogP contribution in [0.5, 0.6) is 0 Å². The van der Waals surface area contributed by atoms with Crippen LogP contribution in [0.15, 0.2) is 26.9 Å². The van der Waals surface area contributed by atoms with Gasteiger partial charge >= 0.3 is 0 Å². The summed E-state index contributed by atoms with van der Waals surface area (Å²) in [4.78, 5) is 8.62. The molecular weight excluding hydrogens is 188 g/mol. The van der Waals surface area contributed by atoms with Gasteiger partial charge in [0, 0.05) is 0 Å². The summed E-state index contributed by atoms with van der Waals surface area (Å²) in [6.07, 6.45) is 5.09. The predicted octanol–water partition coefficient (Wildman–Crippen LogP) is 2.11. The van der Waals surface area contributed by atoms with E-state index < -0.39 is 0 Å². The summed E-state index contributed by atoms with van der Waals surface area (Å²) >= 11 is 3.21. The molecule has 2 aliphatic heterocycles. The lowest BCUT2D eigenvalue weighted by molar-refractivity contribution is 1.08. The number of thioether (sulfide) groups is 2. The van der Waals surface area contributed by atoms with Gasteiger partial charge in [0.1, 0.15) is 11.1 Å². The van der Waals surface area contributed by atoms with Crippen LogP contribution in [0.4, 0.5) is 0 Å². The molecule has 1 unspecified atom stereocenters. The Hall–Kier alpha value is -0.480. The van der Waals surface area contributed by atoms with E-state index in [1.165, 1.54) is 0 Å². The molecule has 0 fully saturated rings. The van der Waals surface area contributed by atoms with Crippen LogP contribution in [0.2, 0.25) is 0 Å². The molecule has 4 heteroatoms. The molecule has 2 rings (SSSR count). The molecule has 1 atom stereocenters. The number of nitrogens with zero attached hydrogens (tertiary/aromatic N) is 2. The van der Waals surface area contributed by atoms with Crippen molar-refractivity contribution in [3.8, 4) is 0 Å². The fourth-order valence-corrected chi connectivity index (χ4v) is 2.12. The highest BCUT2D eigenvalue weighted by molar-refractivity contribution is 8.16. The van der Waals surface area contributed by atoms with Gasteiger partial charge in [-0.15, -0.1) is 0 Å². The molecule has 2 nitrogen and oxygen atoms in total. The first-order valence-electron chi connectivity index (χ1n) is 3.57. The molecule has 0 saturated heterocycles. The molecule has 0 aromatic rings. The molecule has 0 N–H and O–H groups in total. The summed E-state index contributed by atoms with van der Waals surface area (Å²) in [5.41, 5.74) is 1.86. The zero-order valence-corrected chi connectivity index (χ0v) is 7.94. The molecule has 0 aromatic heterocycles. The molecule has 0 spiro atoms. The second-order valence-corrected chi connectivity index (χ2v) is 3.90. The summed E-state index contributed by atoms with van der Waals surface area (Å²) in [7, 11) is 0. The van der Waals surface area contributed by atoms with Crippen LogP contribution < -0.4 is 0 Å². The first-order chi connectivity index (χ1) is 5.97. The lowest BCUT2D eigenvalue weighted by Crippen LogP contribution is -2.15. The van der Waals surface area contributed by atoms with E-state index in [-0.39, 0.29) is 6.04 Å². The molecule has 0 aliphatic carbocycles. The van der Waals surface area contributed by atoms with Gasteiger partial charge < -0.3 is 0 Å². The summed E-state index contributed by atoms with van der Waals surface area (Å²) in [6.45, 7) is 0.676. The summed E-state index contributed by atoms with van der Waals surface area (Å²) in [5.74, 6) is 0. The van der Waals surface area contributed by atoms with Crippen molar-refractivity contribution in [3.05, 3.63) is 23.0 Å². The second kappa shape index (κ2) is 3.96. The highest BCUT2D eigenvalue weighted by Gasteiger charge is 2.13. The third kappa shape index (κ3) is 1.81. The molecule has 61 valence electrons. The second-order valence-electron chi connectivity index (χ2n) is 2.26. The van der Waals surface area contributed by atoms with Crippen LogP contribution in [0.3, 0.4) is 0 Å². The van der Waals surface area contributed by atoms with Crippen LogP contribution >= 0.6 is 23.5 Å². The number of aliphatic imine (C=N–C) groups is 2. The third-order valence-electron chi connectivity index (χ3n) is 1.46. The SMILES string of the molecule is [C]1=CSC(C2C=CSC=N2)=NC1. The Labute approximate surface area is 79.9 Å². The Bertz CT molecular complexity index is 267. The van der Waals surface area contributed by atoms with Crippen molar-refractivity contribution < 1.29 is 0 Å². The van der Waals surface area contributed by atoms with Gasteiger partial charge in [0.2, 0.25) is 0 Å². The lowest BCUT2D eigenvalue weighted by Gasteiger charge is -2.12. The number of hydrogen-bond donors (Lipinski definition) is 0.